The molecule has 0 atom stereocenters. The molecule has 0 bridgehead atoms. The van der Waals surface area contributed by atoms with Crippen molar-refractivity contribution in [3.8, 4) is 0 Å². The summed E-state index contributed by atoms with van der Waals surface area (Å²) >= 11 is 0. The molecule has 1 aliphatic heterocycles. The highest BCUT2D eigenvalue weighted by molar-refractivity contribution is 5.98. The van der Waals surface area contributed by atoms with Crippen molar-refractivity contribution < 1.29 is 14.4 Å². The van der Waals surface area contributed by atoms with Crippen LogP contribution in [0.1, 0.15) is 24.2 Å². The molecule has 0 aliphatic carbocycles. The van der Waals surface area contributed by atoms with E-state index in [-0.39, 0.29) is 30.4 Å². The van der Waals surface area contributed by atoms with Crippen LogP contribution in [0.2, 0.25) is 0 Å². The van der Waals surface area contributed by atoms with Gasteiger partial charge < -0.3 is 25.8 Å². The second-order valence-corrected chi connectivity index (χ2v) is 7.72. The number of urea groups is 1. The Balaban J connectivity index is 1.47. The van der Waals surface area contributed by atoms with Crippen molar-refractivity contribution in [1.29, 1.82) is 0 Å². The SMILES string of the molecule is CC(C)NC(=O)Nc1cccc(C(=O)NCC(=O)N2CCN(c3ccccc3)CC2)c1. The second kappa shape index (κ2) is 10.5. The van der Waals surface area contributed by atoms with Gasteiger partial charge in [0.15, 0.2) is 0 Å². The van der Waals surface area contributed by atoms with Crippen molar-refractivity contribution in [3.63, 3.8) is 0 Å². The lowest BCUT2D eigenvalue weighted by Crippen LogP contribution is -2.51. The number of nitrogens with one attached hydrogen (secondary N) is 3. The van der Waals surface area contributed by atoms with Gasteiger partial charge in [-0.25, -0.2) is 4.79 Å². The van der Waals surface area contributed by atoms with Crippen LogP contribution in [-0.4, -0.2) is 61.5 Å². The van der Waals surface area contributed by atoms with Gasteiger partial charge in [-0.05, 0) is 44.2 Å². The molecule has 3 rings (SSSR count). The third kappa shape index (κ3) is 6.47. The predicted molar refractivity (Wildman–Crippen MR) is 121 cm³/mol. The van der Waals surface area contributed by atoms with Crippen molar-refractivity contribution in [2.45, 2.75) is 19.9 Å². The Morgan fingerprint density at radius 1 is 0.935 bits per heavy atom. The number of hydrogen-bond donors (Lipinski definition) is 3. The van der Waals surface area contributed by atoms with Crippen LogP contribution in [0.25, 0.3) is 0 Å². The van der Waals surface area contributed by atoms with E-state index in [1.54, 1.807) is 29.2 Å². The summed E-state index contributed by atoms with van der Waals surface area (Å²) in [5, 5.41) is 8.10. The van der Waals surface area contributed by atoms with Gasteiger partial charge in [0.1, 0.15) is 0 Å². The number of para-hydroxylation sites is 1. The molecule has 0 unspecified atom stereocenters. The molecule has 31 heavy (non-hydrogen) atoms. The summed E-state index contributed by atoms with van der Waals surface area (Å²) < 4.78 is 0. The van der Waals surface area contributed by atoms with Crippen LogP contribution in [0.4, 0.5) is 16.2 Å². The molecule has 3 N–H and O–H groups in total. The number of carbonyl (C=O) groups excluding carboxylic acids is 3. The quantitative estimate of drug-likeness (QED) is 0.665. The van der Waals surface area contributed by atoms with E-state index in [1.807, 2.05) is 32.0 Å². The van der Waals surface area contributed by atoms with E-state index >= 15 is 0 Å². The first-order valence-electron chi connectivity index (χ1n) is 10.5. The Kier molecular flexibility index (Phi) is 7.48. The van der Waals surface area contributed by atoms with Gasteiger partial charge in [0, 0.05) is 49.2 Å². The molecule has 0 spiro atoms. The summed E-state index contributed by atoms with van der Waals surface area (Å²) in [7, 11) is 0. The van der Waals surface area contributed by atoms with Crippen molar-refractivity contribution in [3.05, 3.63) is 60.2 Å². The summed E-state index contributed by atoms with van der Waals surface area (Å²) in [6, 6.07) is 16.4. The van der Waals surface area contributed by atoms with E-state index in [9.17, 15) is 14.4 Å². The first-order chi connectivity index (χ1) is 14.9. The third-order valence-corrected chi connectivity index (χ3v) is 4.96. The summed E-state index contributed by atoms with van der Waals surface area (Å²) in [5.41, 5.74) is 2.04. The summed E-state index contributed by atoms with van der Waals surface area (Å²) in [5.74, 6) is -0.462. The maximum Gasteiger partial charge on any atom is 0.319 e. The van der Waals surface area contributed by atoms with Crippen molar-refractivity contribution >= 4 is 29.2 Å². The molecule has 164 valence electrons. The molecule has 2 aromatic rings. The van der Waals surface area contributed by atoms with Crippen LogP contribution >= 0.6 is 0 Å². The van der Waals surface area contributed by atoms with Gasteiger partial charge >= 0.3 is 6.03 Å². The highest BCUT2D eigenvalue weighted by atomic mass is 16.2. The van der Waals surface area contributed by atoms with E-state index in [0.717, 1.165) is 18.8 Å². The summed E-state index contributed by atoms with van der Waals surface area (Å²) in [4.78, 5) is 40.8. The van der Waals surface area contributed by atoms with Gasteiger partial charge in [0.05, 0.1) is 6.54 Å². The number of benzene rings is 2. The van der Waals surface area contributed by atoms with Gasteiger partial charge in [-0.1, -0.05) is 24.3 Å². The number of nitrogens with zero attached hydrogens (tertiary/aromatic N) is 2. The fourth-order valence-corrected chi connectivity index (χ4v) is 3.39. The molecule has 8 nitrogen and oxygen atoms in total. The largest absolute Gasteiger partial charge is 0.368 e. The lowest BCUT2D eigenvalue weighted by Gasteiger charge is -2.36. The first-order valence-corrected chi connectivity index (χ1v) is 10.5. The minimum atomic E-state index is -0.357. The van der Waals surface area contributed by atoms with Gasteiger partial charge in [-0.2, -0.15) is 0 Å². The van der Waals surface area contributed by atoms with Crippen LogP contribution in [-0.2, 0) is 4.79 Å². The topological polar surface area (TPSA) is 93.8 Å². The minimum absolute atomic E-state index is 0.00653. The minimum Gasteiger partial charge on any atom is -0.368 e. The van der Waals surface area contributed by atoms with Crippen LogP contribution in [0.15, 0.2) is 54.6 Å². The van der Waals surface area contributed by atoms with Gasteiger partial charge in [0.2, 0.25) is 5.91 Å². The molecule has 0 aromatic heterocycles. The van der Waals surface area contributed by atoms with Gasteiger partial charge in [-0.3, -0.25) is 9.59 Å². The fraction of sp³-hybridized carbons (Fsp3) is 0.348. The van der Waals surface area contributed by atoms with Crippen LogP contribution in [0, 0.1) is 0 Å². The highest BCUT2D eigenvalue weighted by Crippen LogP contribution is 2.15. The van der Waals surface area contributed by atoms with Gasteiger partial charge in [0.25, 0.3) is 5.91 Å². The zero-order valence-electron chi connectivity index (χ0n) is 17.9. The monoisotopic (exact) mass is 423 g/mol. The fourth-order valence-electron chi connectivity index (χ4n) is 3.39. The zero-order chi connectivity index (χ0) is 22.2. The molecule has 1 heterocycles. The predicted octanol–water partition coefficient (Wildman–Crippen LogP) is 2.30. The summed E-state index contributed by atoms with van der Waals surface area (Å²) in [6.07, 6.45) is 0. The molecule has 8 heteroatoms. The Morgan fingerprint density at radius 3 is 2.32 bits per heavy atom. The lowest BCUT2D eigenvalue weighted by atomic mass is 10.2. The molecule has 1 saturated heterocycles. The van der Waals surface area contributed by atoms with E-state index in [0.29, 0.717) is 24.3 Å². The van der Waals surface area contributed by atoms with Crippen molar-refractivity contribution in [1.82, 2.24) is 15.5 Å². The van der Waals surface area contributed by atoms with E-state index in [4.69, 9.17) is 0 Å². The molecular weight excluding hydrogens is 394 g/mol. The normalized spacial score (nSPS) is 13.6. The van der Waals surface area contributed by atoms with Gasteiger partial charge in [-0.15, -0.1) is 0 Å². The average molecular weight is 424 g/mol. The second-order valence-electron chi connectivity index (χ2n) is 7.72. The summed E-state index contributed by atoms with van der Waals surface area (Å²) in [6.45, 7) is 6.42. The number of piperazine rings is 1. The molecule has 0 saturated carbocycles. The Labute approximate surface area is 182 Å². The molecular formula is C23H29N5O3. The number of hydrogen-bond acceptors (Lipinski definition) is 4. The first kappa shape index (κ1) is 22.1. The zero-order valence-corrected chi connectivity index (χ0v) is 17.9. The average Bonchev–Trinajstić information content (AvgIpc) is 2.77. The van der Waals surface area contributed by atoms with E-state index < -0.39 is 0 Å². The maximum absolute atomic E-state index is 12.5. The Bertz CT molecular complexity index is 908. The Hall–Kier alpha value is -3.55. The van der Waals surface area contributed by atoms with Crippen LogP contribution in [0.3, 0.4) is 0 Å². The lowest BCUT2D eigenvalue weighted by molar-refractivity contribution is -0.130. The van der Waals surface area contributed by atoms with E-state index in [2.05, 4.69) is 33.0 Å². The number of anilines is 2. The Morgan fingerprint density at radius 2 is 1.65 bits per heavy atom. The third-order valence-electron chi connectivity index (χ3n) is 4.96. The standard InChI is InChI=1S/C23H29N5O3/c1-17(2)25-23(31)26-19-8-6-7-18(15-19)22(30)24-16-21(29)28-13-11-27(12-14-28)20-9-4-3-5-10-20/h3-10,15,17H,11-14,16H2,1-2H3,(H,24,30)(H2,25,26,31). The highest BCUT2D eigenvalue weighted by Gasteiger charge is 2.21. The molecule has 4 amide bonds. The molecule has 0 radical (unpaired) electrons. The number of carbonyl (C=O) groups is 3. The maximum atomic E-state index is 12.5. The molecule has 1 aliphatic rings. The van der Waals surface area contributed by atoms with Crippen molar-refractivity contribution in [2.75, 3.05) is 42.9 Å². The van der Waals surface area contributed by atoms with Crippen LogP contribution in [0.5, 0.6) is 0 Å². The van der Waals surface area contributed by atoms with Crippen LogP contribution < -0.4 is 20.9 Å². The molecule has 2 aromatic carbocycles. The smallest absolute Gasteiger partial charge is 0.319 e. The molecule has 1 fully saturated rings. The van der Waals surface area contributed by atoms with E-state index in [1.165, 1.54) is 0 Å². The number of amides is 4. The number of rotatable bonds is 6. The van der Waals surface area contributed by atoms with Crippen molar-refractivity contribution in [2.24, 2.45) is 0 Å².